The molecule has 1 aromatic heterocycles. The van der Waals surface area contributed by atoms with Gasteiger partial charge in [-0.3, -0.25) is 9.88 Å². The van der Waals surface area contributed by atoms with Crippen LogP contribution in [-0.2, 0) is 9.47 Å². The molecule has 0 aliphatic carbocycles. The van der Waals surface area contributed by atoms with Crippen LogP contribution in [0.25, 0.3) is 0 Å². The van der Waals surface area contributed by atoms with Gasteiger partial charge in [0, 0.05) is 0 Å². The molecule has 29 heavy (non-hydrogen) atoms. The number of nitrogens with zero attached hydrogens (tertiary/aromatic N) is 2. The van der Waals surface area contributed by atoms with Crippen molar-refractivity contribution in [3.63, 3.8) is 0 Å². The van der Waals surface area contributed by atoms with Crippen LogP contribution in [0.3, 0.4) is 0 Å². The van der Waals surface area contributed by atoms with Crippen LogP contribution in [0, 0.1) is 5.82 Å². The molecule has 2 aromatic rings. The Balaban J connectivity index is 1.56. The fourth-order valence-corrected chi connectivity index (χ4v) is 2.72. The first-order chi connectivity index (χ1) is 13.9. The number of aromatic nitrogens is 2. The summed E-state index contributed by atoms with van der Waals surface area (Å²) in [6.07, 6.45) is -5.02. The van der Waals surface area contributed by atoms with Crippen LogP contribution in [0.2, 0.25) is 0 Å². The van der Waals surface area contributed by atoms with E-state index in [2.05, 4.69) is 4.98 Å². The number of carbonyl (C=O) groups excluding carboxylic acids is 1. The van der Waals surface area contributed by atoms with Crippen molar-refractivity contribution in [2.24, 2.45) is 0 Å². The number of nitrogens with one attached hydrogen (secondary N) is 1. The zero-order chi connectivity index (χ0) is 21.0. The van der Waals surface area contributed by atoms with Crippen LogP contribution in [0.5, 0.6) is 5.75 Å². The number of anilines is 1. The lowest BCUT2D eigenvalue weighted by atomic mass is 10.1. The molecule has 3 rings (SSSR count). The lowest BCUT2D eigenvalue weighted by Gasteiger charge is -2.17. The zero-order valence-electron chi connectivity index (χ0n) is 15.4. The zero-order valence-corrected chi connectivity index (χ0v) is 15.4. The van der Waals surface area contributed by atoms with E-state index in [1.54, 1.807) is 24.3 Å². The van der Waals surface area contributed by atoms with Gasteiger partial charge in [0.2, 0.25) is 0 Å². The second-order valence-electron chi connectivity index (χ2n) is 6.26. The lowest BCUT2D eigenvalue weighted by Crippen LogP contribution is -2.36. The molecule has 0 saturated carbocycles. The molecule has 1 saturated heterocycles. The van der Waals surface area contributed by atoms with E-state index in [9.17, 15) is 24.2 Å². The quantitative estimate of drug-likeness (QED) is 0.593. The molecular weight excluding hydrogens is 389 g/mol. The molecule has 1 amide bonds. The lowest BCUT2D eigenvalue weighted by molar-refractivity contribution is -0.0355. The van der Waals surface area contributed by atoms with Crippen molar-refractivity contribution in [3.8, 4) is 5.75 Å². The summed E-state index contributed by atoms with van der Waals surface area (Å²) in [6, 6.07) is 8.87. The topological polar surface area (TPSA) is 132 Å². The average Bonchev–Trinajstić information content (AvgIpc) is 2.96. The number of hydrogen-bond donors (Lipinski definition) is 3. The minimum Gasteiger partial charge on any atom is -0.490 e. The molecule has 2 heterocycles. The van der Waals surface area contributed by atoms with Gasteiger partial charge in [0.25, 0.3) is 0 Å². The summed E-state index contributed by atoms with van der Waals surface area (Å²) in [5.74, 6) is -1.09. The smallest absolute Gasteiger partial charge is 0.413 e. The van der Waals surface area contributed by atoms with E-state index in [1.807, 2.05) is 11.4 Å². The van der Waals surface area contributed by atoms with Gasteiger partial charge in [0.1, 0.15) is 31.2 Å². The van der Waals surface area contributed by atoms with Gasteiger partial charge >= 0.3 is 11.8 Å². The minimum absolute atomic E-state index is 0.0758. The minimum atomic E-state index is -1.43. The van der Waals surface area contributed by atoms with Gasteiger partial charge in [-0.2, -0.15) is 4.98 Å². The maximum atomic E-state index is 14.3. The number of rotatable bonds is 6. The second-order valence-corrected chi connectivity index (χ2v) is 6.26. The molecule has 3 N–H and O–H groups in total. The first-order valence-corrected chi connectivity index (χ1v) is 8.78. The summed E-state index contributed by atoms with van der Waals surface area (Å²) in [5.41, 5.74) is -0.987. The molecule has 10 nitrogen and oxygen atoms in total. The summed E-state index contributed by atoms with van der Waals surface area (Å²) in [5, 5.41) is 21.7. The van der Waals surface area contributed by atoms with Gasteiger partial charge in [-0.05, 0) is 19.1 Å². The molecule has 11 heteroatoms. The van der Waals surface area contributed by atoms with Crippen molar-refractivity contribution in [3.05, 3.63) is 52.8 Å². The van der Waals surface area contributed by atoms with Gasteiger partial charge in [-0.1, -0.05) is 18.2 Å². The van der Waals surface area contributed by atoms with Crippen molar-refractivity contribution in [1.29, 1.82) is 0 Å². The summed E-state index contributed by atoms with van der Waals surface area (Å²) < 4.78 is 30.4. The molecule has 0 spiro atoms. The molecule has 1 aliphatic rings. The van der Waals surface area contributed by atoms with Crippen LogP contribution < -0.4 is 15.7 Å². The Kier molecular flexibility index (Phi) is 6.42. The third-order valence-corrected chi connectivity index (χ3v) is 4.21. The van der Waals surface area contributed by atoms with Crippen molar-refractivity contribution >= 4 is 11.9 Å². The Hall–Kier alpha value is -3.02. The first kappa shape index (κ1) is 20.7. The Bertz CT molecular complexity index is 908. The number of halogens is 1. The van der Waals surface area contributed by atoms with E-state index < -0.39 is 48.0 Å². The summed E-state index contributed by atoms with van der Waals surface area (Å²) >= 11 is 0. The van der Waals surface area contributed by atoms with Gasteiger partial charge in [0.05, 0.1) is 12.3 Å². The molecular formula is C18H20FN3O7. The molecule has 1 fully saturated rings. The predicted molar refractivity (Wildman–Crippen MR) is 97.0 cm³/mol. The number of benzene rings is 1. The molecule has 0 radical (unpaired) electrons. The molecule has 0 unspecified atom stereocenters. The Morgan fingerprint density at radius 1 is 1.28 bits per heavy atom. The van der Waals surface area contributed by atoms with Crippen LogP contribution in [0.1, 0.15) is 13.2 Å². The van der Waals surface area contributed by atoms with Crippen LogP contribution in [-0.4, -0.2) is 57.4 Å². The predicted octanol–water partition coefficient (Wildman–Crippen LogP) is 0.649. The fraction of sp³-hybridized carbons (Fsp3) is 0.389. The number of amides is 1. The van der Waals surface area contributed by atoms with E-state index >= 15 is 0 Å². The number of carbonyl (C=O) groups is 1. The van der Waals surface area contributed by atoms with Crippen molar-refractivity contribution < 1.29 is 33.6 Å². The van der Waals surface area contributed by atoms with Crippen LogP contribution in [0.4, 0.5) is 15.0 Å². The maximum Gasteiger partial charge on any atom is 0.413 e. The van der Waals surface area contributed by atoms with Gasteiger partial charge in [-0.15, -0.1) is 0 Å². The highest BCUT2D eigenvalue weighted by Crippen LogP contribution is 2.28. The number of para-hydroxylation sites is 1. The largest absolute Gasteiger partial charge is 0.490 e. The van der Waals surface area contributed by atoms with Crippen LogP contribution >= 0.6 is 0 Å². The molecule has 4 atom stereocenters. The SMILES string of the molecule is C[C@H]1O[C@@H](n2cc(F)c(NC(=O)OCCOc3ccccc3)nc2=O)[C@H](O)[C@@H]1O. The van der Waals surface area contributed by atoms with Gasteiger partial charge in [0.15, 0.2) is 17.9 Å². The highest BCUT2D eigenvalue weighted by atomic mass is 19.1. The average molecular weight is 409 g/mol. The third-order valence-electron chi connectivity index (χ3n) is 4.21. The Morgan fingerprint density at radius 2 is 2.00 bits per heavy atom. The number of aliphatic hydroxyl groups excluding tert-OH is 2. The van der Waals surface area contributed by atoms with Gasteiger partial charge in [-0.25, -0.2) is 14.0 Å². The maximum absolute atomic E-state index is 14.3. The number of hydrogen-bond acceptors (Lipinski definition) is 8. The second kappa shape index (κ2) is 8.99. The highest BCUT2D eigenvalue weighted by molar-refractivity contribution is 5.83. The normalized spacial score (nSPS) is 23.6. The van der Waals surface area contributed by atoms with E-state index in [0.29, 0.717) is 10.3 Å². The summed E-state index contributed by atoms with van der Waals surface area (Å²) in [7, 11) is 0. The monoisotopic (exact) mass is 409 g/mol. The highest BCUT2D eigenvalue weighted by Gasteiger charge is 2.42. The Morgan fingerprint density at radius 3 is 2.66 bits per heavy atom. The Labute approximate surface area is 164 Å². The van der Waals surface area contributed by atoms with Gasteiger partial charge < -0.3 is 24.4 Å². The molecule has 1 aliphatic heterocycles. The van der Waals surface area contributed by atoms with E-state index in [1.165, 1.54) is 6.92 Å². The third kappa shape index (κ3) is 4.88. The molecule has 0 bridgehead atoms. The van der Waals surface area contributed by atoms with Crippen molar-refractivity contribution in [2.45, 2.75) is 31.5 Å². The summed E-state index contributed by atoms with van der Waals surface area (Å²) in [4.78, 5) is 27.3. The number of aliphatic hydroxyl groups is 2. The fourth-order valence-electron chi connectivity index (χ4n) is 2.72. The summed E-state index contributed by atoms with van der Waals surface area (Å²) in [6.45, 7) is 1.46. The van der Waals surface area contributed by atoms with Crippen molar-refractivity contribution in [2.75, 3.05) is 18.5 Å². The van der Waals surface area contributed by atoms with E-state index in [-0.39, 0.29) is 13.2 Å². The molecule has 156 valence electrons. The first-order valence-electron chi connectivity index (χ1n) is 8.78. The molecule has 1 aromatic carbocycles. The van der Waals surface area contributed by atoms with Crippen molar-refractivity contribution in [1.82, 2.24) is 9.55 Å². The van der Waals surface area contributed by atoms with E-state index in [0.717, 1.165) is 6.20 Å². The van der Waals surface area contributed by atoms with Crippen LogP contribution in [0.15, 0.2) is 41.3 Å². The standard InChI is InChI=1S/C18H20FN3O7/c1-10-13(23)14(24)16(29-10)22-9-12(19)15(20-17(22)25)21-18(26)28-8-7-27-11-5-3-2-4-6-11/h2-6,9-10,13-14,16,23-24H,7-8H2,1H3,(H,20,21,25,26)/t10-,13-,14-,16-/m1/s1. The van der Waals surface area contributed by atoms with E-state index in [4.69, 9.17) is 14.2 Å². The number of ether oxygens (including phenoxy) is 3.